The molecule has 174 valence electrons. The zero-order chi connectivity index (χ0) is 24.2. The lowest BCUT2D eigenvalue weighted by atomic mass is 10.1. The topological polar surface area (TPSA) is 9.86 Å². The van der Waals surface area contributed by atoms with Crippen LogP contribution in [0.15, 0.2) is 115 Å². The maximum absolute atomic E-state index is 2.26. The van der Waals surface area contributed by atoms with E-state index >= 15 is 0 Å². The zero-order valence-corrected chi connectivity index (χ0v) is 20.8. The molecule has 1 aliphatic rings. The van der Waals surface area contributed by atoms with Crippen LogP contribution in [0.3, 0.4) is 0 Å². The molecule has 0 saturated heterocycles. The second kappa shape index (κ2) is 10.1. The summed E-state index contributed by atoms with van der Waals surface area (Å²) in [5, 5.41) is 5.42. The van der Waals surface area contributed by atoms with Gasteiger partial charge in [0.15, 0.2) is 0 Å². The van der Waals surface area contributed by atoms with Gasteiger partial charge < -0.3 is 9.13 Å². The van der Waals surface area contributed by atoms with Crippen LogP contribution in [-0.2, 0) is 14.1 Å². The molecule has 0 aliphatic heterocycles. The van der Waals surface area contributed by atoms with Crippen molar-refractivity contribution >= 4 is 43.6 Å². The number of aryl methyl sites for hydroxylation is 3. The van der Waals surface area contributed by atoms with Gasteiger partial charge in [-0.05, 0) is 49.6 Å². The monoisotopic (exact) mass is 456 g/mol. The highest BCUT2D eigenvalue weighted by Gasteiger charge is 2.08. The van der Waals surface area contributed by atoms with Crippen molar-refractivity contribution in [3.8, 4) is 0 Å². The van der Waals surface area contributed by atoms with Crippen molar-refractivity contribution < 1.29 is 0 Å². The van der Waals surface area contributed by atoms with Crippen LogP contribution in [0.5, 0.6) is 0 Å². The van der Waals surface area contributed by atoms with E-state index in [1.807, 2.05) is 0 Å². The fourth-order valence-electron chi connectivity index (χ4n) is 5.05. The van der Waals surface area contributed by atoms with Gasteiger partial charge in [0.25, 0.3) is 0 Å². The van der Waals surface area contributed by atoms with Crippen LogP contribution in [0.4, 0.5) is 0 Å². The summed E-state index contributed by atoms with van der Waals surface area (Å²) in [5.41, 5.74) is 6.57. The van der Waals surface area contributed by atoms with Crippen molar-refractivity contribution in [1.82, 2.24) is 9.13 Å². The molecular formula is C33H32N2. The molecule has 0 fully saturated rings. The Kier molecular flexibility index (Phi) is 6.54. The van der Waals surface area contributed by atoms with Crippen LogP contribution in [0, 0.1) is 6.92 Å². The SMILES string of the molecule is C1=CCCC=C1.Cc1cccc2c1c1ccccc1n2C.Cn1c2ccccc2c2ccccc21. The predicted molar refractivity (Wildman–Crippen MR) is 153 cm³/mol. The van der Waals surface area contributed by atoms with Crippen molar-refractivity contribution in [3.05, 3.63) is 121 Å². The summed E-state index contributed by atoms with van der Waals surface area (Å²) in [5.74, 6) is 0. The number of hydrogen-bond donors (Lipinski definition) is 0. The van der Waals surface area contributed by atoms with Gasteiger partial charge in [0.05, 0.1) is 0 Å². The maximum atomic E-state index is 2.26. The van der Waals surface area contributed by atoms with Gasteiger partial charge in [0.2, 0.25) is 0 Å². The standard InChI is InChI=1S/C14H13N.C13H11N.C6H8/c1-10-6-5-9-13-14(10)11-7-3-4-8-12(11)15(13)2;1-14-12-8-4-2-6-10(12)11-7-3-5-9-13(11)14;1-2-4-6-5-3-1/h3-9H,1-2H3;2-9H,1H3;1-4H,5-6H2. The molecule has 0 bridgehead atoms. The Hall–Kier alpha value is -4.04. The lowest BCUT2D eigenvalue weighted by Gasteiger charge is -1.97. The smallest absolute Gasteiger partial charge is 0.0491 e. The van der Waals surface area contributed by atoms with E-state index in [-0.39, 0.29) is 0 Å². The van der Waals surface area contributed by atoms with Gasteiger partial charge in [-0.2, -0.15) is 0 Å². The molecular weight excluding hydrogens is 424 g/mol. The summed E-state index contributed by atoms with van der Waals surface area (Å²) in [6.07, 6.45) is 11.0. The molecule has 1 aliphatic carbocycles. The van der Waals surface area contributed by atoms with Crippen molar-refractivity contribution in [1.29, 1.82) is 0 Å². The Balaban J connectivity index is 0.000000118. The molecule has 2 aromatic heterocycles. The second-order valence-corrected chi connectivity index (χ2v) is 9.07. The largest absolute Gasteiger partial charge is 0.344 e. The molecule has 2 heterocycles. The lowest BCUT2D eigenvalue weighted by molar-refractivity contribution is 1.01. The molecule has 6 aromatic rings. The van der Waals surface area contributed by atoms with Gasteiger partial charge in [-0.15, -0.1) is 0 Å². The summed E-state index contributed by atoms with van der Waals surface area (Å²) in [6.45, 7) is 2.18. The van der Waals surface area contributed by atoms with Gasteiger partial charge in [0, 0.05) is 57.7 Å². The number of nitrogens with zero attached hydrogens (tertiary/aromatic N) is 2. The van der Waals surface area contributed by atoms with Crippen LogP contribution in [0.2, 0.25) is 0 Å². The molecule has 0 N–H and O–H groups in total. The van der Waals surface area contributed by atoms with Gasteiger partial charge in [-0.3, -0.25) is 0 Å². The summed E-state index contributed by atoms with van der Waals surface area (Å²) in [6, 6.07) is 32.1. The van der Waals surface area contributed by atoms with E-state index in [4.69, 9.17) is 0 Å². The molecule has 0 amide bonds. The number of allylic oxidation sites excluding steroid dienone is 4. The number of fused-ring (bicyclic) bond motifs is 6. The number of aromatic nitrogens is 2. The van der Waals surface area contributed by atoms with Gasteiger partial charge >= 0.3 is 0 Å². The summed E-state index contributed by atoms with van der Waals surface area (Å²) >= 11 is 0. The second-order valence-electron chi connectivity index (χ2n) is 9.07. The average Bonchev–Trinajstić information content (AvgIpc) is 3.39. The van der Waals surface area contributed by atoms with E-state index in [1.54, 1.807) is 0 Å². The number of rotatable bonds is 0. The van der Waals surface area contributed by atoms with Crippen LogP contribution in [0.25, 0.3) is 43.6 Å². The fraction of sp³-hybridized carbons (Fsp3) is 0.152. The van der Waals surface area contributed by atoms with Crippen molar-refractivity contribution in [2.45, 2.75) is 19.8 Å². The van der Waals surface area contributed by atoms with E-state index in [1.165, 1.54) is 62.0 Å². The first kappa shape index (κ1) is 22.7. The first-order valence-electron chi connectivity index (χ1n) is 12.3. The molecule has 0 saturated carbocycles. The maximum Gasteiger partial charge on any atom is 0.0491 e. The molecule has 4 aromatic carbocycles. The molecule has 0 spiro atoms. The molecule has 2 nitrogen and oxygen atoms in total. The van der Waals surface area contributed by atoms with E-state index in [0.717, 1.165) is 0 Å². The minimum Gasteiger partial charge on any atom is -0.344 e. The average molecular weight is 457 g/mol. The number of hydrogen-bond acceptors (Lipinski definition) is 0. The summed E-state index contributed by atoms with van der Waals surface area (Å²) < 4.78 is 4.50. The van der Waals surface area contributed by atoms with Gasteiger partial charge in [0.1, 0.15) is 0 Å². The Bertz CT molecular complexity index is 1610. The molecule has 0 radical (unpaired) electrons. The van der Waals surface area contributed by atoms with Gasteiger partial charge in [-0.1, -0.05) is 91.0 Å². The van der Waals surface area contributed by atoms with Crippen molar-refractivity contribution in [3.63, 3.8) is 0 Å². The highest BCUT2D eigenvalue weighted by Crippen LogP contribution is 2.30. The normalized spacial score (nSPS) is 12.5. The quantitative estimate of drug-likeness (QED) is 0.216. The molecule has 0 unspecified atom stereocenters. The Morgan fingerprint density at radius 1 is 0.486 bits per heavy atom. The summed E-state index contributed by atoms with van der Waals surface area (Å²) in [4.78, 5) is 0. The first-order valence-corrected chi connectivity index (χ1v) is 12.3. The Morgan fingerprint density at radius 2 is 0.914 bits per heavy atom. The minimum atomic E-state index is 1.23. The third-order valence-electron chi connectivity index (χ3n) is 6.85. The molecule has 2 heteroatoms. The highest BCUT2D eigenvalue weighted by molar-refractivity contribution is 6.09. The zero-order valence-electron chi connectivity index (χ0n) is 20.8. The third kappa shape index (κ3) is 4.40. The fourth-order valence-corrected chi connectivity index (χ4v) is 5.05. The van der Waals surface area contributed by atoms with Crippen molar-refractivity contribution in [2.24, 2.45) is 14.1 Å². The van der Waals surface area contributed by atoms with Crippen LogP contribution >= 0.6 is 0 Å². The summed E-state index contributed by atoms with van der Waals surface area (Å²) in [7, 11) is 4.24. The van der Waals surface area contributed by atoms with Gasteiger partial charge in [-0.25, -0.2) is 0 Å². The third-order valence-corrected chi connectivity index (χ3v) is 6.85. The molecule has 0 atom stereocenters. The number of para-hydroxylation sites is 3. The predicted octanol–water partition coefficient (Wildman–Crippen LogP) is 8.86. The van der Waals surface area contributed by atoms with E-state index in [9.17, 15) is 0 Å². The lowest BCUT2D eigenvalue weighted by Crippen LogP contribution is -1.85. The van der Waals surface area contributed by atoms with Crippen LogP contribution in [-0.4, -0.2) is 9.13 Å². The van der Waals surface area contributed by atoms with Crippen molar-refractivity contribution in [2.75, 3.05) is 0 Å². The van der Waals surface area contributed by atoms with E-state index < -0.39 is 0 Å². The molecule has 35 heavy (non-hydrogen) atoms. The van der Waals surface area contributed by atoms with Crippen LogP contribution < -0.4 is 0 Å². The van der Waals surface area contributed by atoms with Crippen LogP contribution in [0.1, 0.15) is 18.4 Å². The number of benzene rings is 4. The molecule has 7 rings (SSSR count). The first-order chi connectivity index (χ1) is 17.2. The van der Waals surface area contributed by atoms with E-state index in [0.29, 0.717) is 0 Å². The minimum absolute atomic E-state index is 1.23. The Labute approximate surface area is 207 Å². The Morgan fingerprint density at radius 3 is 1.43 bits per heavy atom. The van der Waals surface area contributed by atoms with E-state index in [2.05, 4.69) is 145 Å². The highest BCUT2D eigenvalue weighted by atomic mass is 14.9.